The molecule has 0 N–H and O–H groups in total. The maximum atomic E-state index is 11.1. The highest BCUT2D eigenvalue weighted by Crippen LogP contribution is 2.12. The Morgan fingerprint density at radius 2 is 1.33 bits per heavy atom. The maximum Gasteiger partial charge on any atom is 0.513 e. The molecule has 0 saturated heterocycles. The third-order valence-electron chi connectivity index (χ3n) is 3.25. The van der Waals surface area contributed by atoms with E-state index in [9.17, 15) is 4.79 Å². The standard InChI is InChI=1S/C15H26O3/c16-15-17-13-11-9-7-5-3-1-2-4-6-8-10-12-14-18-15/h11,13H,1-10,12,14H2/b13-11-. The van der Waals surface area contributed by atoms with Crippen molar-refractivity contribution < 1.29 is 14.3 Å². The topological polar surface area (TPSA) is 35.5 Å². The van der Waals surface area contributed by atoms with Gasteiger partial charge >= 0.3 is 6.16 Å². The van der Waals surface area contributed by atoms with E-state index in [0.717, 1.165) is 19.3 Å². The number of hydrogen-bond acceptors (Lipinski definition) is 3. The number of carbonyl (C=O) groups is 1. The molecule has 0 fully saturated rings. The molecular formula is C15H26O3. The fourth-order valence-electron chi connectivity index (χ4n) is 2.14. The Kier molecular flexibility index (Phi) is 9.31. The Labute approximate surface area is 111 Å². The Balaban J connectivity index is 2.18. The zero-order valence-electron chi connectivity index (χ0n) is 11.4. The van der Waals surface area contributed by atoms with Crippen molar-refractivity contribution in [2.75, 3.05) is 6.61 Å². The molecule has 1 rings (SSSR count). The lowest BCUT2D eigenvalue weighted by molar-refractivity contribution is 0.0830. The molecule has 0 aromatic carbocycles. The van der Waals surface area contributed by atoms with E-state index in [1.807, 2.05) is 6.08 Å². The largest absolute Gasteiger partial charge is 0.513 e. The second-order valence-corrected chi connectivity index (χ2v) is 4.91. The first-order valence-corrected chi connectivity index (χ1v) is 7.38. The summed E-state index contributed by atoms with van der Waals surface area (Å²) in [6.07, 6.45) is 16.3. The van der Waals surface area contributed by atoms with E-state index < -0.39 is 6.16 Å². The monoisotopic (exact) mass is 254 g/mol. The zero-order chi connectivity index (χ0) is 12.9. The van der Waals surface area contributed by atoms with Gasteiger partial charge in [0, 0.05) is 0 Å². The lowest BCUT2D eigenvalue weighted by Crippen LogP contribution is -2.04. The van der Waals surface area contributed by atoms with Crippen LogP contribution in [0.5, 0.6) is 0 Å². The van der Waals surface area contributed by atoms with E-state index in [2.05, 4.69) is 0 Å². The number of cyclic esters (lactones) is 2. The second-order valence-electron chi connectivity index (χ2n) is 4.91. The number of carbonyl (C=O) groups excluding carboxylic acids is 1. The van der Waals surface area contributed by atoms with Crippen molar-refractivity contribution in [3.63, 3.8) is 0 Å². The summed E-state index contributed by atoms with van der Waals surface area (Å²) >= 11 is 0. The molecule has 0 radical (unpaired) electrons. The minimum Gasteiger partial charge on any atom is -0.434 e. The van der Waals surface area contributed by atoms with Crippen molar-refractivity contribution in [3.05, 3.63) is 12.3 Å². The average Bonchev–Trinajstić information content (AvgIpc) is 2.37. The van der Waals surface area contributed by atoms with Gasteiger partial charge in [-0.15, -0.1) is 0 Å². The van der Waals surface area contributed by atoms with E-state index >= 15 is 0 Å². The molecule has 0 aromatic heterocycles. The quantitative estimate of drug-likeness (QED) is 0.573. The summed E-state index contributed by atoms with van der Waals surface area (Å²) in [6.45, 7) is 0.479. The predicted molar refractivity (Wildman–Crippen MR) is 72.4 cm³/mol. The van der Waals surface area contributed by atoms with E-state index in [4.69, 9.17) is 9.47 Å². The Morgan fingerprint density at radius 3 is 2.00 bits per heavy atom. The average molecular weight is 254 g/mol. The first-order chi connectivity index (χ1) is 8.89. The normalized spacial score (nSPS) is 23.4. The molecular weight excluding hydrogens is 228 g/mol. The molecule has 1 aliphatic heterocycles. The summed E-state index contributed by atoms with van der Waals surface area (Å²) in [6, 6.07) is 0. The van der Waals surface area contributed by atoms with Gasteiger partial charge in [0.2, 0.25) is 0 Å². The van der Waals surface area contributed by atoms with Crippen LogP contribution in [0.3, 0.4) is 0 Å². The van der Waals surface area contributed by atoms with Crippen LogP contribution in [0, 0.1) is 0 Å². The van der Waals surface area contributed by atoms with Crippen molar-refractivity contribution in [1.82, 2.24) is 0 Å². The van der Waals surface area contributed by atoms with E-state index in [1.54, 1.807) is 0 Å². The molecule has 18 heavy (non-hydrogen) atoms. The number of allylic oxidation sites excluding steroid dienone is 1. The molecule has 1 aliphatic rings. The predicted octanol–water partition coefficient (Wildman–Crippen LogP) is 4.96. The van der Waals surface area contributed by atoms with Crippen LogP contribution in [0.25, 0.3) is 0 Å². The third-order valence-corrected chi connectivity index (χ3v) is 3.25. The van der Waals surface area contributed by atoms with Gasteiger partial charge in [-0.05, 0) is 25.3 Å². The molecule has 0 atom stereocenters. The summed E-state index contributed by atoms with van der Waals surface area (Å²) in [5.41, 5.74) is 0. The van der Waals surface area contributed by atoms with Crippen LogP contribution in [-0.2, 0) is 9.47 Å². The molecule has 1 heterocycles. The molecule has 104 valence electrons. The summed E-state index contributed by atoms with van der Waals surface area (Å²) < 4.78 is 9.78. The van der Waals surface area contributed by atoms with E-state index in [0.29, 0.717) is 6.61 Å². The molecule has 0 amide bonds. The molecule has 3 nitrogen and oxygen atoms in total. The smallest absolute Gasteiger partial charge is 0.434 e. The van der Waals surface area contributed by atoms with Gasteiger partial charge in [0.05, 0.1) is 12.9 Å². The van der Waals surface area contributed by atoms with Crippen molar-refractivity contribution in [2.45, 2.75) is 70.6 Å². The summed E-state index contributed by atoms with van der Waals surface area (Å²) in [7, 11) is 0. The second kappa shape index (κ2) is 11.1. The lowest BCUT2D eigenvalue weighted by atomic mass is 10.1. The fourth-order valence-corrected chi connectivity index (χ4v) is 2.14. The number of rotatable bonds is 0. The van der Waals surface area contributed by atoms with Crippen LogP contribution in [0.4, 0.5) is 4.79 Å². The van der Waals surface area contributed by atoms with Crippen LogP contribution in [0.2, 0.25) is 0 Å². The number of hydrogen-bond donors (Lipinski definition) is 0. The van der Waals surface area contributed by atoms with E-state index in [1.165, 1.54) is 57.6 Å². The first-order valence-electron chi connectivity index (χ1n) is 7.38. The van der Waals surface area contributed by atoms with Crippen LogP contribution in [0.1, 0.15) is 70.6 Å². The third kappa shape index (κ3) is 9.08. The van der Waals surface area contributed by atoms with Crippen LogP contribution in [-0.4, -0.2) is 12.8 Å². The summed E-state index contributed by atoms with van der Waals surface area (Å²) in [5.74, 6) is 0. The molecule has 0 saturated carbocycles. The van der Waals surface area contributed by atoms with Gasteiger partial charge in [-0.3, -0.25) is 0 Å². The Hall–Kier alpha value is -0.990. The van der Waals surface area contributed by atoms with Crippen molar-refractivity contribution in [3.8, 4) is 0 Å². The van der Waals surface area contributed by atoms with Gasteiger partial charge in [-0.25, -0.2) is 4.79 Å². The van der Waals surface area contributed by atoms with Gasteiger partial charge < -0.3 is 9.47 Å². The summed E-state index contributed by atoms with van der Waals surface area (Å²) in [5, 5.41) is 0. The van der Waals surface area contributed by atoms with Gasteiger partial charge in [0.1, 0.15) is 0 Å². The Bertz CT molecular complexity index is 236. The molecule has 0 bridgehead atoms. The fraction of sp³-hybridized carbons (Fsp3) is 0.800. The first kappa shape index (κ1) is 15.1. The molecule has 0 aromatic rings. The van der Waals surface area contributed by atoms with Crippen molar-refractivity contribution >= 4 is 6.16 Å². The van der Waals surface area contributed by atoms with Gasteiger partial charge in [0.15, 0.2) is 0 Å². The van der Waals surface area contributed by atoms with Gasteiger partial charge in [-0.1, -0.05) is 51.4 Å². The van der Waals surface area contributed by atoms with Crippen LogP contribution >= 0.6 is 0 Å². The minimum atomic E-state index is -0.574. The van der Waals surface area contributed by atoms with Gasteiger partial charge in [-0.2, -0.15) is 0 Å². The highest BCUT2D eigenvalue weighted by Gasteiger charge is 2.01. The summed E-state index contributed by atoms with van der Waals surface area (Å²) in [4.78, 5) is 11.1. The maximum absolute atomic E-state index is 11.1. The van der Waals surface area contributed by atoms with Crippen LogP contribution in [0.15, 0.2) is 12.3 Å². The van der Waals surface area contributed by atoms with Crippen molar-refractivity contribution in [2.24, 2.45) is 0 Å². The lowest BCUT2D eigenvalue weighted by Gasteiger charge is -2.03. The Morgan fingerprint density at radius 1 is 0.778 bits per heavy atom. The molecule has 0 unspecified atom stereocenters. The minimum absolute atomic E-state index is 0.479. The van der Waals surface area contributed by atoms with Gasteiger partial charge in [0.25, 0.3) is 0 Å². The SMILES string of the molecule is O=C1O/C=C\CCCCCCCCCCCCO1. The van der Waals surface area contributed by atoms with Crippen molar-refractivity contribution in [1.29, 1.82) is 0 Å². The highest BCUT2D eigenvalue weighted by atomic mass is 16.7. The molecule has 0 aliphatic carbocycles. The zero-order valence-corrected chi connectivity index (χ0v) is 11.4. The van der Waals surface area contributed by atoms with Crippen LogP contribution < -0.4 is 0 Å². The van der Waals surface area contributed by atoms with E-state index in [-0.39, 0.29) is 0 Å². The number of ether oxygens (including phenoxy) is 2. The molecule has 0 spiro atoms. The molecule has 3 heteroatoms. The highest BCUT2D eigenvalue weighted by molar-refractivity contribution is 5.60.